The van der Waals surface area contributed by atoms with E-state index in [-0.39, 0.29) is 6.01 Å². The Morgan fingerprint density at radius 3 is 3.00 bits per heavy atom. The van der Waals surface area contributed by atoms with E-state index in [1.165, 1.54) is 6.39 Å². The number of hydrogen-bond donors (Lipinski definition) is 1. The summed E-state index contributed by atoms with van der Waals surface area (Å²) in [5.41, 5.74) is 2.64. The second-order valence-electron chi connectivity index (χ2n) is 3.36. The Balaban J connectivity index is 1.99. The number of nitrogens with zero attached hydrogens (tertiary/aromatic N) is 3. The van der Waals surface area contributed by atoms with Crippen molar-refractivity contribution in [1.29, 1.82) is 0 Å². The highest BCUT2D eigenvalue weighted by Crippen LogP contribution is 2.21. The van der Waals surface area contributed by atoms with Gasteiger partial charge in [-0.3, -0.25) is 5.32 Å². The molecule has 0 spiro atoms. The number of nitrogens with one attached hydrogen (secondary N) is 1. The van der Waals surface area contributed by atoms with Crippen LogP contribution in [-0.2, 0) is 0 Å². The topological polar surface area (TPSA) is 77.0 Å². The number of benzene rings is 1. The molecule has 0 amide bonds. The third kappa shape index (κ3) is 1.50. The van der Waals surface area contributed by atoms with Gasteiger partial charge in [-0.2, -0.15) is 4.98 Å². The number of anilines is 2. The maximum atomic E-state index is 5.45. The molecule has 0 atom stereocenters. The highest BCUT2D eigenvalue weighted by Gasteiger charge is 2.07. The van der Waals surface area contributed by atoms with E-state index in [1.807, 2.05) is 25.1 Å². The molecule has 0 unspecified atom stereocenters. The van der Waals surface area contributed by atoms with E-state index in [1.54, 1.807) is 0 Å². The number of oxazole rings is 1. The molecule has 0 saturated heterocycles. The Bertz CT molecular complexity index is 615. The van der Waals surface area contributed by atoms with Gasteiger partial charge in [-0.15, -0.1) is 5.10 Å². The van der Waals surface area contributed by atoms with Crippen LogP contribution in [0.25, 0.3) is 11.1 Å². The zero-order valence-electron chi connectivity index (χ0n) is 8.47. The van der Waals surface area contributed by atoms with Crippen LogP contribution in [0.5, 0.6) is 0 Å². The fraction of sp³-hybridized carbons (Fsp3) is 0.100. The smallest absolute Gasteiger partial charge is 0.323 e. The van der Waals surface area contributed by atoms with Gasteiger partial charge in [0.15, 0.2) is 5.58 Å². The molecule has 1 aromatic carbocycles. The predicted molar refractivity (Wildman–Crippen MR) is 56.3 cm³/mol. The second kappa shape index (κ2) is 3.34. The van der Waals surface area contributed by atoms with Gasteiger partial charge < -0.3 is 8.83 Å². The Kier molecular flexibility index (Phi) is 1.86. The number of fused-ring (bicyclic) bond motifs is 1. The maximum absolute atomic E-state index is 5.45. The molecule has 0 saturated carbocycles. The van der Waals surface area contributed by atoms with Crippen molar-refractivity contribution in [2.75, 3.05) is 5.32 Å². The zero-order chi connectivity index (χ0) is 11.0. The van der Waals surface area contributed by atoms with Crippen molar-refractivity contribution in [3.05, 3.63) is 30.2 Å². The molecule has 2 heterocycles. The van der Waals surface area contributed by atoms with E-state index in [9.17, 15) is 0 Å². The van der Waals surface area contributed by atoms with Gasteiger partial charge in [0.2, 0.25) is 6.39 Å². The zero-order valence-corrected chi connectivity index (χ0v) is 8.47. The first kappa shape index (κ1) is 8.90. The lowest BCUT2D eigenvalue weighted by Gasteiger charge is -1.90. The Morgan fingerprint density at radius 1 is 1.25 bits per heavy atom. The number of aryl methyl sites for hydroxylation is 1. The fourth-order valence-electron chi connectivity index (χ4n) is 1.41. The average molecular weight is 216 g/mol. The number of aromatic nitrogens is 3. The van der Waals surface area contributed by atoms with Crippen LogP contribution in [0, 0.1) is 6.92 Å². The molecule has 0 aliphatic carbocycles. The molecule has 6 nitrogen and oxygen atoms in total. The minimum Gasteiger partial charge on any atom is -0.423 e. The third-order valence-electron chi connectivity index (χ3n) is 2.12. The van der Waals surface area contributed by atoms with Crippen molar-refractivity contribution in [1.82, 2.24) is 15.2 Å². The molecule has 3 rings (SSSR count). The summed E-state index contributed by atoms with van der Waals surface area (Å²) in [5.74, 6) is 0. The van der Waals surface area contributed by atoms with Crippen LogP contribution in [0.1, 0.15) is 5.56 Å². The van der Waals surface area contributed by atoms with Gasteiger partial charge in [-0.1, -0.05) is 11.2 Å². The number of rotatable bonds is 2. The highest BCUT2D eigenvalue weighted by atomic mass is 16.4. The van der Waals surface area contributed by atoms with Crippen LogP contribution in [0.15, 0.2) is 33.4 Å². The van der Waals surface area contributed by atoms with Gasteiger partial charge in [0, 0.05) is 0 Å². The summed E-state index contributed by atoms with van der Waals surface area (Å²) in [6.07, 6.45) is 1.23. The van der Waals surface area contributed by atoms with Crippen LogP contribution in [0.2, 0.25) is 0 Å². The molecule has 0 radical (unpaired) electrons. The van der Waals surface area contributed by atoms with E-state index < -0.39 is 0 Å². The van der Waals surface area contributed by atoms with Crippen molar-refractivity contribution in [2.24, 2.45) is 0 Å². The predicted octanol–water partition coefficient (Wildman–Crippen LogP) is 2.26. The van der Waals surface area contributed by atoms with Gasteiger partial charge in [0.25, 0.3) is 0 Å². The lowest BCUT2D eigenvalue weighted by atomic mass is 10.2. The standard InChI is InChI=1S/C10H8N4O2/c1-6-2-3-8-7(4-6)12-9(16-8)13-10-14-11-5-15-10/h2-5H,1H3,(H,12,13,14). The molecular weight excluding hydrogens is 208 g/mol. The summed E-state index contributed by atoms with van der Waals surface area (Å²) in [5, 5.41) is 9.98. The second-order valence-corrected chi connectivity index (χ2v) is 3.36. The van der Waals surface area contributed by atoms with Crippen molar-refractivity contribution in [3.8, 4) is 0 Å². The van der Waals surface area contributed by atoms with Crippen LogP contribution < -0.4 is 5.32 Å². The molecule has 2 aromatic heterocycles. The van der Waals surface area contributed by atoms with Crippen molar-refractivity contribution in [3.63, 3.8) is 0 Å². The first-order valence-electron chi connectivity index (χ1n) is 4.72. The summed E-state index contributed by atoms with van der Waals surface area (Å²) in [6.45, 7) is 2.00. The highest BCUT2D eigenvalue weighted by molar-refractivity contribution is 5.75. The van der Waals surface area contributed by atoms with E-state index >= 15 is 0 Å². The van der Waals surface area contributed by atoms with E-state index in [0.717, 1.165) is 11.1 Å². The Labute approximate surface area is 90.3 Å². The van der Waals surface area contributed by atoms with E-state index in [2.05, 4.69) is 20.5 Å². The van der Waals surface area contributed by atoms with E-state index in [4.69, 9.17) is 8.83 Å². The normalized spacial score (nSPS) is 10.8. The molecule has 0 fully saturated rings. The van der Waals surface area contributed by atoms with Gasteiger partial charge in [0.05, 0.1) is 0 Å². The molecule has 3 aromatic rings. The van der Waals surface area contributed by atoms with Gasteiger partial charge >= 0.3 is 12.0 Å². The lowest BCUT2D eigenvalue weighted by molar-refractivity contribution is 0.559. The molecule has 0 aliphatic heterocycles. The van der Waals surface area contributed by atoms with Crippen molar-refractivity contribution >= 4 is 23.1 Å². The molecule has 0 bridgehead atoms. The fourth-order valence-corrected chi connectivity index (χ4v) is 1.41. The number of hydrogen-bond acceptors (Lipinski definition) is 6. The van der Waals surface area contributed by atoms with Gasteiger partial charge in [-0.05, 0) is 24.6 Å². The summed E-state index contributed by atoms with van der Waals surface area (Å²) in [7, 11) is 0. The lowest BCUT2D eigenvalue weighted by Crippen LogP contribution is -1.89. The SMILES string of the molecule is Cc1ccc2oc(Nc3nnco3)nc2c1. The minimum absolute atomic E-state index is 0.253. The molecule has 0 aliphatic rings. The van der Waals surface area contributed by atoms with Crippen LogP contribution in [0.3, 0.4) is 0 Å². The van der Waals surface area contributed by atoms with Crippen LogP contribution in [-0.4, -0.2) is 15.2 Å². The maximum Gasteiger partial charge on any atom is 0.323 e. The quantitative estimate of drug-likeness (QED) is 0.708. The van der Waals surface area contributed by atoms with Gasteiger partial charge in [0.1, 0.15) is 5.52 Å². The first-order chi connectivity index (χ1) is 7.81. The molecule has 1 N–H and O–H groups in total. The Hall–Kier alpha value is -2.37. The average Bonchev–Trinajstić information content (AvgIpc) is 2.86. The molecule has 6 heteroatoms. The summed E-state index contributed by atoms with van der Waals surface area (Å²) in [4.78, 5) is 4.24. The van der Waals surface area contributed by atoms with Crippen molar-refractivity contribution in [2.45, 2.75) is 6.92 Å². The third-order valence-corrected chi connectivity index (χ3v) is 2.12. The molecule has 80 valence electrons. The summed E-state index contributed by atoms with van der Waals surface area (Å²) in [6, 6.07) is 6.37. The monoisotopic (exact) mass is 216 g/mol. The summed E-state index contributed by atoms with van der Waals surface area (Å²) >= 11 is 0. The largest absolute Gasteiger partial charge is 0.423 e. The van der Waals surface area contributed by atoms with E-state index in [0.29, 0.717) is 11.6 Å². The van der Waals surface area contributed by atoms with Crippen molar-refractivity contribution < 1.29 is 8.83 Å². The summed E-state index contributed by atoms with van der Waals surface area (Å²) < 4.78 is 10.4. The Morgan fingerprint density at radius 2 is 2.19 bits per heavy atom. The molecule has 16 heavy (non-hydrogen) atoms. The van der Waals surface area contributed by atoms with Gasteiger partial charge in [-0.25, -0.2) is 0 Å². The first-order valence-corrected chi connectivity index (χ1v) is 4.72. The minimum atomic E-state index is 0.253. The molecular formula is C10H8N4O2. The van der Waals surface area contributed by atoms with Crippen LogP contribution in [0.4, 0.5) is 12.0 Å². The van der Waals surface area contributed by atoms with Crippen LogP contribution >= 0.6 is 0 Å².